The summed E-state index contributed by atoms with van der Waals surface area (Å²) in [6, 6.07) is 18.3. The maximum Gasteiger partial charge on any atom is 0.203 e. The molecule has 5 heteroatoms. The van der Waals surface area contributed by atoms with Gasteiger partial charge in [-0.2, -0.15) is 5.10 Å². The molecule has 116 valence electrons. The molecular weight excluding hydrogens is 316 g/mol. The lowest BCUT2D eigenvalue weighted by Crippen LogP contribution is -1.90. The number of rotatable bonds is 4. The quantitative estimate of drug-likeness (QED) is 0.432. The number of nitrogens with one attached hydrogen (secondary N) is 1. The van der Waals surface area contributed by atoms with E-state index in [4.69, 9.17) is 0 Å². The average Bonchev–Trinajstić information content (AvgIpc) is 3.11. The molecule has 0 unspecified atom stereocenters. The van der Waals surface area contributed by atoms with Crippen LogP contribution in [0.25, 0.3) is 22.0 Å². The van der Waals surface area contributed by atoms with Crippen LogP contribution >= 0.6 is 11.3 Å². The van der Waals surface area contributed by atoms with Crippen molar-refractivity contribution in [2.45, 2.75) is 0 Å². The first-order valence-corrected chi connectivity index (χ1v) is 8.40. The van der Waals surface area contributed by atoms with Crippen LogP contribution in [-0.4, -0.2) is 16.2 Å². The van der Waals surface area contributed by atoms with Crippen LogP contribution in [0.3, 0.4) is 0 Å². The SMILES string of the molecule is C(=NNc1nc(-c2ccccc2)cs1)c1ccc2ccncc2c1. The molecule has 0 fully saturated rings. The fourth-order valence-corrected chi connectivity index (χ4v) is 3.08. The molecule has 0 saturated carbocycles. The molecule has 0 bridgehead atoms. The second-order valence-electron chi connectivity index (χ2n) is 5.26. The van der Waals surface area contributed by atoms with Crippen LogP contribution in [0.4, 0.5) is 5.13 Å². The number of nitrogens with zero attached hydrogens (tertiary/aromatic N) is 3. The highest BCUT2D eigenvalue weighted by molar-refractivity contribution is 7.14. The van der Waals surface area contributed by atoms with E-state index in [1.165, 1.54) is 16.7 Å². The van der Waals surface area contributed by atoms with Gasteiger partial charge in [0.15, 0.2) is 0 Å². The zero-order valence-corrected chi connectivity index (χ0v) is 13.6. The van der Waals surface area contributed by atoms with Crippen molar-refractivity contribution in [3.63, 3.8) is 0 Å². The minimum Gasteiger partial charge on any atom is -0.264 e. The van der Waals surface area contributed by atoms with Crippen LogP contribution in [0, 0.1) is 0 Å². The largest absolute Gasteiger partial charge is 0.264 e. The summed E-state index contributed by atoms with van der Waals surface area (Å²) in [4.78, 5) is 8.69. The molecule has 2 aromatic carbocycles. The van der Waals surface area contributed by atoms with Crippen LogP contribution in [-0.2, 0) is 0 Å². The summed E-state index contributed by atoms with van der Waals surface area (Å²) in [7, 11) is 0. The van der Waals surface area contributed by atoms with Gasteiger partial charge in [0.2, 0.25) is 5.13 Å². The molecule has 4 nitrogen and oxygen atoms in total. The van der Waals surface area contributed by atoms with Gasteiger partial charge in [0.05, 0.1) is 11.9 Å². The van der Waals surface area contributed by atoms with Crippen LogP contribution in [0.1, 0.15) is 5.56 Å². The Hall–Kier alpha value is -3.05. The van der Waals surface area contributed by atoms with Crippen molar-refractivity contribution in [2.75, 3.05) is 5.43 Å². The predicted octanol–water partition coefficient (Wildman–Crippen LogP) is 4.80. The standard InChI is InChI=1S/C19H14N4S/c1-2-4-16(5-3-1)18-13-24-19(22-18)23-21-11-14-6-7-15-8-9-20-12-17(15)10-14/h1-13H,(H,22,23). The highest BCUT2D eigenvalue weighted by Gasteiger charge is 2.02. The fraction of sp³-hybridized carbons (Fsp3) is 0. The normalized spacial score (nSPS) is 11.2. The Labute approximate surface area is 143 Å². The number of hydrogen-bond donors (Lipinski definition) is 1. The summed E-state index contributed by atoms with van der Waals surface area (Å²) in [5.74, 6) is 0. The third kappa shape index (κ3) is 3.16. The van der Waals surface area contributed by atoms with E-state index in [1.54, 1.807) is 12.4 Å². The van der Waals surface area contributed by atoms with Crippen molar-refractivity contribution < 1.29 is 0 Å². The van der Waals surface area contributed by atoms with Crippen LogP contribution in [0.15, 0.2) is 77.5 Å². The molecule has 2 heterocycles. The van der Waals surface area contributed by atoms with E-state index >= 15 is 0 Å². The summed E-state index contributed by atoms with van der Waals surface area (Å²) in [5, 5.41) is 9.34. The van der Waals surface area contributed by atoms with Gasteiger partial charge < -0.3 is 0 Å². The van der Waals surface area contributed by atoms with Gasteiger partial charge in [-0.1, -0.05) is 42.5 Å². The molecule has 0 spiro atoms. The lowest BCUT2D eigenvalue weighted by Gasteiger charge is -1.98. The Balaban J connectivity index is 1.48. The Kier molecular flexibility index (Phi) is 4.00. The highest BCUT2D eigenvalue weighted by Crippen LogP contribution is 2.24. The van der Waals surface area contributed by atoms with Gasteiger partial charge in [-0.3, -0.25) is 10.4 Å². The number of hydrazone groups is 1. The number of hydrogen-bond acceptors (Lipinski definition) is 5. The number of benzene rings is 2. The van der Waals surface area contributed by atoms with Gasteiger partial charge in [-0.05, 0) is 23.1 Å². The van der Waals surface area contributed by atoms with Crippen molar-refractivity contribution in [3.05, 3.63) is 77.9 Å². The Morgan fingerprint density at radius 1 is 1.00 bits per heavy atom. The molecule has 4 rings (SSSR count). The minimum absolute atomic E-state index is 0.771. The average molecular weight is 330 g/mol. The number of fused-ring (bicyclic) bond motifs is 1. The summed E-state index contributed by atoms with van der Waals surface area (Å²) in [6.07, 6.45) is 5.44. The fourth-order valence-electron chi connectivity index (χ4n) is 2.41. The van der Waals surface area contributed by atoms with Crippen molar-refractivity contribution in [1.82, 2.24) is 9.97 Å². The van der Waals surface area contributed by atoms with Gasteiger partial charge in [-0.25, -0.2) is 4.98 Å². The predicted molar refractivity (Wildman–Crippen MR) is 101 cm³/mol. The number of anilines is 1. The summed E-state index contributed by atoms with van der Waals surface area (Å²) < 4.78 is 0. The summed E-state index contributed by atoms with van der Waals surface area (Å²) in [5.41, 5.74) is 6.07. The molecular formula is C19H14N4S. The highest BCUT2D eigenvalue weighted by atomic mass is 32.1. The molecule has 0 atom stereocenters. The molecule has 0 aliphatic carbocycles. The zero-order chi connectivity index (χ0) is 16.2. The molecule has 1 N–H and O–H groups in total. The van der Waals surface area contributed by atoms with E-state index in [0.29, 0.717) is 0 Å². The Morgan fingerprint density at radius 2 is 1.92 bits per heavy atom. The molecule has 4 aromatic rings. The van der Waals surface area contributed by atoms with E-state index in [2.05, 4.69) is 32.6 Å². The molecule has 0 aliphatic rings. The Bertz CT molecular complexity index is 992. The molecule has 0 aliphatic heterocycles. The summed E-state index contributed by atoms with van der Waals surface area (Å²) >= 11 is 1.54. The first-order chi connectivity index (χ1) is 11.9. The van der Waals surface area contributed by atoms with Gasteiger partial charge >= 0.3 is 0 Å². The van der Waals surface area contributed by atoms with Crippen LogP contribution in [0.2, 0.25) is 0 Å². The van der Waals surface area contributed by atoms with Crippen molar-refractivity contribution in [3.8, 4) is 11.3 Å². The maximum atomic E-state index is 4.55. The number of thiazole rings is 1. The van der Waals surface area contributed by atoms with E-state index in [9.17, 15) is 0 Å². The third-order valence-electron chi connectivity index (χ3n) is 3.61. The van der Waals surface area contributed by atoms with Gasteiger partial charge in [0.25, 0.3) is 0 Å². The van der Waals surface area contributed by atoms with E-state index in [-0.39, 0.29) is 0 Å². The van der Waals surface area contributed by atoms with Gasteiger partial charge in [0, 0.05) is 28.7 Å². The summed E-state index contributed by atoms with van der Waals surface area (Å²) in [6.45, 7) is 0. The monoisotopic (exact) mass is 330 g/mol. The molecule has 0 saturated heterocycles. The molecule has 24 heavy (non-hydrogen) atoms. The smallest absolute Gasteiger partial charge is 0.203 e. The van der Waals surface area contributed by atoms with E-state index in [0.717, 1.165) is 27.3 Å². The minimum atomic E-state index is 0.771. The van der Waals surface area contributed by atoms with Gasteiger partial charge in [0.1, 0.15) is 0 Å². The van der Waals surface area contributed by atoms with E-state index in [1.807, 2.05) is 54.0 Å². The van der Waals surface area contributed by atoms with Crippen molar-refractivity contribution >= 4 is 33.5 Å². The lowest BCUT2D eigenvalue weighted by atomic mass is 10.1. The second kappa shape index (κ2) is 6.60. The van der Waals surface area contributed by atoms with Crippen LogP contribution < -0.4 is 5.43 Å². The molecule has 0 radical (unpaired) electrons. The lowest BCUT2D eigenvalue weighted by molar-refractivity contribution is 1.29. The molecule has 0 amide bonds. The topological polar surface area (TPSA) is 50.2 Å². The first-order valence-electron chi connectivity index (χ1n) is 7.52. The van der Waals surface area contributed by atoms with Crippen molar-refractivity contribution in [1.29, 1.82) is 0 Å². The van der Waals surface area contributed by atoms with Gasteiger partial charge in [-0.15, -0.1) is 11.3 Å². The zero-order valence-electron chi connectivity index (χ0n) is 12.8. The van der Waals surface area contributed by atoms with E-state index < -0.39 is 0 Å². The second-order valence-corrected chi connectivity index (χ2v) is 6.11. The third-order valence-corrected chi connectivity index (χ3v) is 4.36. The number of pyridine rings is 1. The van der Waals surface area contributed by atoms with Crippen molar-refractivity contribution in [2.24, 2.45) is 5.10 Å². The first kappa shape index (κ1) is 14.5. The Morgan fingerprint density at radius 3 is 2.83 bits per heavy atom. The van der Waals surface area contributed by atoms with Crippen LogP contribution in [0.5, 0.6) is 0 Å². The maximum absolute atomic E-state index is 4.55. The molecule has 2 aromatic heterocycles. The number of aromatic nitrogens is 2.